The monoisotopic (exact) mass is 391 g/mol. The molecule has 1 aliphatic heterocycles. The predicted octanol–water partition coefficient (Wildman–Crippen LogP) is 3.69. The van der Waals surface area contributed by atoms with E-state index in [1.807, 2.05) is 0 Å². The van der Waals surface area contributed by atoms with Gasteiger partial charge in [0.25, 0.3) is 11.8 Å². The molecule has 0 saturated carbocycles. The van der Waals surface area contributed by atoms with E-state index in [1.54, 1.807) is 48.5 Å². The molecular weight excluding hydrogens is 377 g/mol. The van der Waals surface area contributed by atoms with Crippen LogP contribution in [-0.2, 0) is 9.59 Å². The van der Waals surface area contributed by atoms with Crippen LogP contribution in [0, 0.1) is 5.82 Å². The van der Waals surface area contributed by atoms with Crippen molar-refractivity contribution in [3.63, 3.8) is 0 Å². The van der Waals surface area contributed by atoms with Crippen molar-refractivity contribution in [2.45, 2.75) is 0 Å². The topological polar surface area (TPSA) is 87.8 Å². The van der Waals surface area contributed by atoms with Gasteiger partial charge in [-0.2, -0.15) is 0 Å². The van der Waals surface area contributed by atoms with E-state index in [4.69, 9.17) is 9.52 Å². The second-order valence-corrected chi connectivity index (χ2v) is 6.38. The molecule has 144 valence electrons. The maximum Gasteiger partial charge on any atom is 0.323 e. The summed E-state index contributed by atoms with van der Waals surface area (Å²) < 4.78 is 19.7. The standard InChI is InChI=1S/C22H14FNO5/c23-18-8-4-3-7-16(18)19-10-9-13(29-19)11-17-14-5-1-2-6-15(14)21(27)24(22(17)28)12-20(25)26/h1-11H,12H2,(H,25,26). The molecule has 4 rings (SSSR count). The van der Waals surface area contributed by atoms with E-state index >= 15 is 0 Å². The summed E-state index contributed by atoms with van der Waals surface area (Å²) in [4.78, 5) is 37.2. The number of carboxylic acids is 1. The maximum atomic E-state index is 14.0. The highest BCUT2D eigenvalue weighted by molar-refractivity contribution is 6.34. The fourth-order valence-corrected chi connectivity index (χ4v) is 3.20. The van der Waals surface area contributed by atoms with Crippen LogP contribution in [0.1, 0.15) is 21.7 Å². The van der Waals surface area contributed by atoms with Crippen LogP contribution < -0.4 is 0 Å². The van der Waals surface area contributed by atoms with Crippen molar-refractivity contribution in [3.8, 4) is 11.3 Å². The molecule has 0 bridgehead atoms. The highest BCUT2D eigenvalue weighted by Gasteiger charge is 2.35. The van der Waals surface area contributed by atoms with Crippen molar-refractivity contribution in [2.24, 2.45) is 0 Å². The molecule has 0 fully saturated rings. The average molecular weight is 391 g/mol. The van der Waals surface area contributed by atoms with Crippen molar-refractivity contribution in [2.75, 3.05) is 6.54 Å². The zero-order chi connectivity index (χ0) is 20.5. The largest absolute Gasteiger partial charge is 0.480 e. The Bertz CT molecular complexity index is 1180. The SMILES string of the molecule is O=C(O)CN1C(=O)C(=Cc2ccc(-c3ccccc3F)o2)c2ccccc2C1=O. The first-order valence-electron chi connectivity index (χ1n) is 8.69. The van der Waals surface area contributed by atoms with Crippen LogP contribution >= 0.6 is 0 Å². The molecule has 0 saturated heterocycles. The van der Waals surface area contributed by atoms with E-state index in [9.17, 15) is 18.8 Å². The van der Waals surface area contributed by atoms with Gasteiger partial charge in [-0.05, 0) is 36.4 Å². The molecule has 7 heteroatoms. The van der Waals surface area contributed by atoms with E-state index in [0.717, 1.165) is 0 Å². The summed E-state index contributed by atoms with van der Waals surface area (Å²) in [5.41, 5.74) is 1.000. The second-order valence-electron chi connectivity index (χ2n) is 6.38. The smallest absolute Gasteiger partial charge is 0.323 e. The lowest BCUT2D eigenvalue weighted by molar-refractivity contribution is -0.141. The first-order valence-corrected chi connectivity index (χ1v) is 8.69. The number of aliphatic carboxylic acids is 1. The molecule has 1 aromatic heterocycles. The molecular formula is C22H14FNO5. The van der Waals surface area contributed by atoms with Gasteiger partial charge >= 0.3 is 5.97 Å². The summed E-state index contributed by atoms with van der Waals surface area (Å²) in [5, 5.41) is 9.06. The number of benzene rings is 2. The average Bonchev–Trinajstić information content (AvgIpc) is 3.17. The van der Waals surface area contributed by atoms with E-state index in [-0.39, 0.29) is 28.2 Å². The molecule has 0 spiro atoms. The van der Waals surface area contributed by atoms with Crippen LogP contribution in [0.25, 0.3) is 23.0 Å². The third kappa shape index (κ3) is 3.34. The fourth-order valence-electron chi connectivity index (χ4n) is 3.20. The fraction of sp³-hybridized carbons (Fsp3) is 0.0455. The Balaban J connectivity index is 1.79. The van der Waals surface area contributed by atoms with Gasteiger partial charge in [-0.15, -0.1) is 0 Å². The van der Waals surface area contributed by atoms with Crippen LogP contribution in [0.2, 0.25) is 0 Å². The number of carbonyl (C=O) groups excluding carboxylic acids is 2. The van der Waals surface area contributed by atoms with E-state index in [0.29, 0.717) is 10.5 Å². The number of carbonyl (C=O) groups is 3. The Labute approximate surface area is 164 Å². The van der Waals surface area contributed by atoms with Crippen molar-refractivity contribution in [1.29, 1.82) is 0 Å². The van der Waals surface area contributed by atoms with Crippen molar-refractivity contribution in [1.82, 2.24) is 4.90 Å². The van der Waals surface area contributed by atoms with Gasteiger partial charge in [0.2, 0.25) is 0 Å². The van der Waals surface area contributed by atoms with Gasteiger partial charge < -0.3 is 9.52 Å². The van der Waals surface area contributed by atoms with E-state index in [1.165, 1.54) is 18.2 Å². The Hall–Kier alpha value is -4.00. The molecule has 0 radical (unpaired) electrons. The predicted molar refractivity (Wildman–Crippen MR) is 102 cm³/mol. The van der Waals surface area contributed by atoms with Crippen LogP contribution in [0.15, 0.2) is 65.1 Å². The number of hydrogen-bond donors (Lipinski definition) is 1. The van der Waals surface area contributed by atoms with Crippen LogP contribution in [0.4, 0.5) is 4.39 Å². The highest BCUT2D eigenvalue weighted by Crippen LogP contribution is 2.32. The van der Waals surface area contributed by atoms with Gasteiger partial charge in [-0.1, -0.05) is 30.3 Å². The number of rotatable bonds is 4. The summed E-state index contributed by atoms with van der Waals surface area (Å²) in [6, 6.07) is 15.7. The molecule has 2 aromatic carbocycles. The summed E-state index contributed by atoms with van der Waals surface area (Å²) in [6.07, 6.45) is 1.42. The molecule has 3 aromatic rings. The molecule has 2 heterocycles. The number of fused-ring (bicyclic) bond motifs is 1. The Morgan fingerprint density at radius 2 is 1.59 bits per heavy atom. The lowest BCUT2D eigenvalue weighted by Crippen LogP contribution is -2.44. The van der Waals surface area contributed by atoms with E-state index in [2.05, 4.69) is 0 Å². The number of imide groups is 1. The quantitative estimate of drug-likeness (QED) is 0.541. The molecule has 29 heavy (non-hydrogen) atoms. The zero-order valence-electron chi connectivity index (χ0n) is 15.0. The number of carboxylic acid groups (broad SMARTS) is 1. The van der Waals surface area contributed by atoms with Gasteiger partial charge in [0.15, 0.2) is 0 Å². The minimum atomic E-state index is -1.30. The summed E-state index contributed by atoms with van der Waals surface area (Å²) >= 11 is 0. The van der Waals surface area contributed by atoms with Crippen LogP contribution in [0.3, 0.4) is 0 Å². The first-order chi connectivity index (χ1) is 14.0. The molecule has 0 unspecified atom stereocenters. The van der Waals surface area contributed by atoms with Crippen molar-refractivity contribution < 1.29 is 28.3 Å². The highest BCUT2D eigenvalue weighted by atomic mass is 19.1. The number of hydrogen-bond acceptors (Lipinski definition) is 4. The maximum absolute atomic E-state index is 14.0. The molecule has 1 aliphatic rings. The Morgan fingerprint density at radius 1 is 0.931 bits per heavy atom. The molecule has 0 aliphatic carbocycles. The number of halogens is 1. The van der Waals surface area contributed by atoms with Gasteiger partial charge in [0, 0.05) is 11.1 Å². The zero-order valence-corrected chi connectivity index (χ0v) is 15.0. The third-order valence-electron chi connectivity index (χ3n) is 4.51. The summed E-state index contributed by atoms with van der Waals surface area (Å²) in [7, 11) is 0. The van der Waals surface area contributed by atoms with Crippen molar-refractivity contribution in [3.05, 3.63) is 83.4 Å². The number of amides is 2. The lowest BCUT2D eigenvalue weighted by atomic mass is 9.93. The second kappa shape index (κ2) is 7.20. The number of nitrogens with zero attached hydrogens (tertiary/aromatic N) is 1. The van der Waals surface area contributed by atoms with Crippen molar-refractivity contribution >= 4 is 29.4 Å². The minimum Gasteiger partial charge on any atom is -0.480 e. The molecule has 1 N–H and O–H groups in total. The van der Waals surface area contributed by atoms with Crippen LogP contribution in [0.5, 0.6) is 0 Å². The third-order valence-corrected chi connectivity index (χ3v) is 4.51. The van der Waals surface area contributed by atoms with Crippen LogP contribution in [-0.4, -0.2) is 34.3 Å². The Morgan fingerprint density at radius 3 is 2.28 bits per heavy atom. The minimum absolute atomic E-state index is 0.121. The molecule has 6 nitrogen and oxygen atoms in total. The van der Waals surface area contributed by atoms with Gasteiger partial charge in [0.05, 0.1) is 11.1 Å². The summed E-state index contributed by atoms with van der Waals surface area (Å²) in [6.45, 7) is -0.748. The van der Waals surface area contributed by atoms with Gasteiger partial charge in [-0.3, -0.25) is 19.3 Å². The molecule has 2 amide bonds. The normalized spacial score (nSPS) is 14.9. The Kier molecular flexibility index (Phi) is 4.56. The van der Waals surface area contributed by atoms with E-state index < -0.39 is 30.1 Å². The summed E-state index contributed by atoms with van der Waals surface area (Å²) in [5.74, 6) is -2.60. The number of furan rings is 1. The first kappa shape index (κ1) is 18.4. The van der Waals surface area contributed by atoms with Gasteiger partial charge in [0.1, 0.15) is 23.9 Å². The van der Waals surface area contributed by atoms with Gasteiger partial charge in [-0.25, -0.2) is 4.39 Å². The lowest BCUT2D eigenvalue weighted by Gasteiger charge is -2.27. The molecule has 0 atom stereocenters.